The Hall–Kier alpha value is -13.8. The Morgan fingerprint density at radius 3 is 0.833 bits per heavy atom. The maximum atomic E-state index is 15.4. The van der Waals surface area contributed by atoms with Crippen LogP contribution in [0.3, 0.4) is 0 Å². The lowest BCUT2D eigenvalue weighted by Gasteiger charge is -2.41. The van der Waals surface area contributed by atoms with Crippen molar-refractivity contribution >= 4 is 155 Å². The summed E-state index contributed by atoms with van der Waals surface area (Å²) >= 11 is 36.9. The molecular weight excluding hydrogens is 1930 g/mol. The largest absolute Gasteiger partial charge is 0.396 e. The highest BCUT2D eigenvalue weighted by molar-refractivity contribution is 6.36. The van der Waals surface area contributed by atoms with Gasteiger partial charge in [0.25, 0.3) is 16.7 Å². The molecule has 3 amide bonds. The van der Waals surface area contributed by atoms with Crippen LogP contribution >= 0.6 is 69.6 Å². The number of benzene rings is 3. The molecule has 6 N–H and O–H groups in total. The number of rotatable bonds is 15. The highest BCUT2D eigenvalue weighted by atomic mass is 35.5. The van der Waals surface area contributed by atoms with Crippen LogP contribution in [-0.4, -0.2) is 153 Å². The second-order valence-corrected chi connectivity index (χ2v) is 36.1. The normalized spacial score (nSPS) is 15.0. The van der Waals surface area contributed by atoms with Crippen molar-refractivity contribution in [3.05, 3.63) is 257 Å². The average molecular weight is 2010 g/mol. The number of nitriles is 3. The Bertz CT molecular complexity index is 6790. The predicted molar refractivity (Wildman–Crippen MR) is 516 cm³/mol. The van der Waals surface area contributed by atoms with Gasteiger partial charge in [-0.15, -0.1) is 0 Å². The fraction of sp³-hybridized carbons (Fsp3) is 0.281. The zero-order valence-electron chi connectivity index (χ0n) is 75.8. The zero-order valence-corrected chi connectivity index (χ0v) is 80.3. The first-order chi connectivity index (χ1) is 65.2. The van der Waals surface area contributed by atoms with E-state index in [4.69, 9.17) is 86.8 Å². The summed E-state index contributed by atoms with van der Waals surface area (Å²) in [5.74, 6) is -15.4. The SMILES string of the molecule is C=CC(=O)N1CCN(c2c(C#N)c(=O)n(-c3c(C)ccnc3C(C)C)c3nc(-c4c(N)c(F)c(Cl)c(F)c4F)c(Cl)cc23)C[C@H]1C.C=CC(=O)N1CCN(c2c(C#N)c(=O)n(-c3c(C)ccnc3C(C)C)c3nc(-c4c(N)c(F)c(Cl)c(F)c4F)c(Cl)cc23)C[C@H]1C.C=CC(=O)N1CCN(c2c(C#N)c(=O)n(-c3c(C)ccnc3C(C)C)c3nc(-c4c(N)c(F)c(Cl)c(F)c4F)c(Cl)cc23)C[C@H]1C. The molecule has 0 saturated carbocycles. The number of fused-ring (bicyclic) bond motifs is 3. The number of halogens is 15. The third-order valence-corrected chi connectivity index (χ3v) is 26.0. The summed E-state index contributed by atoms with van der Waals surface area (Å²) < 4.78 is 138. The molecule has 3 atom stereocenters. The molecule has 27 nitrogen and oxygen atoms in total. The topological polar surface area (TPSA) is 363 Å². The minimum Gasteiger partial charge on any atom is -0.396 e. The molecule has 0 aliphatic carbocycles. The number of aryl methyl sites for hydroxylation is 3. The van der Waals surface area contributed by atoms with Crippen molar-refractivity contribution in [3.8, 4) is 69.0 Å². The fourth-order valence-corrected chi connectivity index (χ4v) is 18.8. The summed E-state index contributed by atoms with van der Waals surface area (Å²) in [6.07, 6.45) is 8.38. The van der Waals surface area contributed by atoms with E-state index < -0.39 is 135 Å². The van der Waals surface area contributed by atoms with Gasteiger partial charge in [-0.05, 0) is 131 Å². The van der Waals surface area contributed by atoms with Gasteiger partial charge in [0, 0.05) is 112 Å². The van der Waals surface area contributed by atoms with Crippen LogP contribution in [0.1, 0.15) is 131 Å². The van der Waals surface area contributed by atoms with E-state index >= 15 is 13.2 Å². The van der Waals surface area contributed by atoms with Gasteiger partial charge in [0.1, 0.15) is 66.9 Å². The number of carbonyl (C=O) groups is 3. The Labute approximate surface area is 813 Å². The number of nitrogens with zero attached hydrogens (tertiary/aromatic N) is 18. The summed E-state index contributed by atoms with van der Waals surface area (Å²) in [6.45, 7) is 34.7. The lowest BCUT2D eigenvalue weighted by atomic mass is 10.0. The first-order valence-electron chi connectivity index (χ1n) is 42.6. The number of pyridine rings is 9. The van der Waals surface area contributed by atoms with Crippen molar-refractivity contribution in [2.24, 2.45) is 0 Å². The molecule has 714 valence electrons. The zero-order chi connectivity index (χ0) is 101. The molecule has 0 radical (unpaired) electrons. The Balaban J connectivity index is 0.000000175. The molecule has 9 aromatic heterocycles. The summed E-state index contributed by atoms with van der Waals surface area (Å²) in [4.78, 5) is 118. The van der Waals surface area contributed by atoms with E-state index in [-0.39, 0.29) is 194 Å². The molecule has 3 fully saturated rings. The molecule has 0 unspecified atom stereocenters. The van der Waals surface area contributed by atoms with E-state index in [0.29, 0.717) is 50.8 Å². The minimum atomic E-state index is -1.69. The van der Waals surface area contributed by atoms with Crippen LogP contribution in [0.15, 0.2) is 107 Å². The van der Waals surface area contributed by atoms with Crippen molar-refractivity contribution in [2.45, 2.75) is 119 Å². The van der Waals surface area contributed by atoms with E-state index in [1.165, 1.54) is 50.1 Å². The Morgan fingerprint density at radius 1 is 0.399 bits per heavy atom. The van der Waals surface area contributed by atoms with Gasteiger partial charge in [0.2, 0.25) is 17.7 Å². The number of piperazine rings is 3. The van der Waals surface area contributed by atoms with Crippen LogP contribution in [0.2, 0.25) is 30.1 Å². The fourth-order valence-electron chi connectivity index (χ4n) is 17.6. The third-order valence-electron chi connectivity index (χ3n) is 24.2. The maximum Gasteiger partial charge on any atom is 0.276 e. The van der Waals surface area contributed by atoms with E-state index in [1.807, 2.05) is 80.5 Å². The molecule has 0 bridgehead atoms. The Morgan fingerprint density at radius 2 is 0.630 bits per heavy atom. The lowest BCUT2D eigenvalue weighted by molar-refractivity contribution is -0.129. The molecule has 0 spiro atoms. The van der Waals surface area contributed by atoms with Gasteiger partial charge < -0.3 is 46.6 Å². The number of hydrogen-bond donors (Lipinski definition) is 3. The number of anilines is 6. The lowest BCUT2D eigenvalue weighted by Crippen LogP contribution is -2.54. The number of hydrogen-bond acceptors (Lipinski definition) is 21. The van der Waals surface area contributed by atoms with Crippen LogP contribution in [0.25, 0.3) is 83.9 Å². The van der Waals surface area contributed by atoms with E-state index in [9.17, 15) is 70.9 Å². The van der Waals surface area contributed by atoms with Crippen LogP contribution in [0.5, 0.6) is 0 Å². The van der Waals surface area contributed by atoms with Crippen molar-refractivity contribution in [1.29, 1.82) is 15.8 Å². The summed E-state index contributed by atoms with van der Waals surface area (Å²) in [5, 5.41) is 27.7. The van der Waals surface area contributed by atoms with Gasteiger partial charge in [-0.25, -0.2) is 54.5 Å². The van der Waals surface area contributed by atoms with Gasteiger partial charge in [-0.2, -0.15) is 15.8 Å². The second-order valence-electron chi connectivity index (χ2n) is 33.8. The predicted octanol–water partition coefficient (Wildman–Crippen LogP) is 18.8. The van der Waals surface area contributed by atoms with Crippen LogP contribution < -0.4 is 48.6 Å². The molecule has 12 aromatic rings. The minimum absolute atomic E-state index is 0.0942. The average Bonchev–Trinajstić information content (AvgIpc) is 0.726. The molecule has 3 aromatic carbocycles. The van der Waals surface area contributed by atoms with E-state index in [0.717, 1.165) is 0 Å². The van der Waals surface area contributed by atoms with Gasteiger partial charge in [0.05, 0.1) is 117 Å². The van der Waals surface area contributed by atoms with Crippen molar-refractivity contribution in [1.82, 2.24) is 58.3 Å². The standard InChI is InChI=1S/3C32H28Cl2F3N7O2/c3*1-6-20(45)43-10-9-42(13-16(43)5)30-17-11-19(33)28(21-23(35)24(36)22(34)25(37)26(21)39)41-31(17)44(32(46)18(30)12-38)29-15(4)7-8-40-27(29)14(2)3/h3*6-8,11,14,16H,1,9-10,13,39H2,2-5H3/t3*16-/m111/s1. The van der Waals surface area contributed by atoms with Gasteiger partial charge >= 0.3 is 0 Å². The van der Waals surface area contributed by atoms with Crippen molar-refractivity contribution in [3.63, 3.8) is 0 Å². The monoisotopic (exact) mass is 2010 g/mol. The number of amides is 3. The van der Waals surface area contributed by atoms with Crippen LogP contribution in [0, 0.1) is 107 Å². The number of aromatic nitrogens is 9. The van der Waals surface area contributed by atoms with E-state index in [2.05, 4.69) is 49.6 Å². The summed E-state index contributed by atoms with van der Waals surface area (Å²) in [7, 11) is 0. The molecule has 3 saturated heterocycles. The summed E-state index contributed by atoms with van der Waals surface area (Å²) in [5.41, 5.74) is 13.0. The number of carbonyl (C=O) groups excluding carboxylic acids is 3. The van der Waals surface area contributed by atoms with Crippen LogP contribution in [0.4, 0.5) is 73.6 Å². The van der Waals surface area contributed by atoms with Gasteiger partial charge in [0.15, 0.2) is 52.4 Å². The highest BCUT2D eigenvalue weighted by Gasteiger charge is 2.40. The van der Waals surface area contributed by atoms with Gasteiger partial charge in [-0.1, -0.05) is 131 Å². The molecule has 15 rings (SSSR count). The molecule has 138 heavy (non-hydrogen) atoms. The van der Waals surface area contributed by atoms with E-state index in [1.54, 1.807) is 87.0 Å². The van der Waals surface area contributed by atoms with Crippen molar-refractivity contribution in [2.75, 3.05) is 90.8 Å². The maximum absolute atomic E-state index is 15.4. The van der Waals surface area contributed by atoms with Crippen LogP contribution in [-0.2, 0) is 14.4 Å². The highest BCUT2D eigenvalue weighted by Crippen LogP contribution is 2.48. The van der Waals surface area contributed by atoms with Gasteiger partial charge in [-0.3, -0.25) is 57.4 Å². The smallest absolute Gasteiger partial charge is 0.276 e. The quantitative estimate of drug-likeness (QED) is 0.0282. The van der Waals surface area contributed by atoms with Crippen molar-refractivity contribution < 1.29 is 53.9 Å². The molecule has 42 heteroatoms. The molecular formula is C96H84Cl6F9N21O6. The Kier molecular flexibility index (Phi) is 29.5. The summed E-state index contributed by atoms with van der Waals surface area (Å²) in [6, 6.07) is 14.2. The third kappa shape index (κ3) is 17.6. The molecule has 12 heterocycles. The first-order valence-corrected chi connectivity index (χ1v) is 44.9. The first kappa shape index (κ1) is 102. The number of nitrogens with two attached hydrogens (primary N) is 3. The number of nitrogen functional groups attached to an aromatic ring is 3. The molecule has 3 aliphatic rings. The second kappa shape index (κ2) is 40.1. The molecule has 3 aliphatic heterocycles.